The highest BCUT2D eigenvalue weighted by Crippen LogP contribution is 2.53. The van der Waals surface area contributed by atoms with Crippen molar-refractivity contribution in [2.75, 3.05) is 11.9 Å². The number of thiophene rings is 1. The van der Waals surface area contributed by atoms with Crippen molar-refractivity contribution < 1.29 is 14.3 Å². The highest BCUT2D eigenvalue weighted by Gasteiger charge is 2.52. The Hall–Kier alpha value is -0.780. The summed E-state index contributed by atoms with van der Waals surface area (Å²) >= 11 is 13.4. The first-order valence-corrected chi connectivity index (χ1v) is 8.93. The van der Waals surface area contributed by atoms with Crippen molar-refractivity contribution in [2.45, 2.75) is 43.4 Å². The van der Waals surface area contributed by atoms with E-state index in [-0.39, 0.29) is 24.4 Å². The number of nitrogens with one attached hydrogen (secondary N) is 1. The number of anilines is 1. The van der Waals surface area contributed by atoms with Gasteiger partial charge in [-0.1, -0.05) is 0 Å². The van der Waals surface area contributed by atoms with E-state index in [4.69, 9.17) is 27.9 Å². The van der Waals surface area contributed by atoms with Gasteiger partial charge in [-0.2, -0.15) is 0 Å². The molecule has 0 bridgehead atoms. The van der Waals surface area contributed by atoms with Crippen molar-refractivity contribution in [3.63, 3.8) is 0 Å². The van der Waals surface area contributed by atoms with Crippen LogP contribution in [0.4, 0.5) is 5.00 Å². The van der Waals surface area contributed by atoms with Crippen molar-refractivity contribution in [3.05, 3.63) is 16.0 Å². The summed E-state index contributed by atoms with van der Waals surface area (Å²) in [6.07, 6.45) is 4.62. The van der Waals surface area contributed by atoms with Crippen molar-refractivity contribution in [2.24, 2.45) is 5.92 Å². The monoisotopic (exact) mass is 361 g/mol. The third kappa shape index (κ3) is 3.26. The second-order valence-corrected chi connectivity index (χ2v) is 8.50. The van der Waals surface area contributed by atoms with Crippen LogP contribution >= 0.6 is 34.5 Å². The lowest BCUT2D eigenvalue weighted by Gasteiger charge is -2.12. The van der Waals surface area contributed by atoms with Gasteiger partial charge in [0.25, 0.3) is 0 Å². The summed E-state index contributed by atoms with van der Waals surface area (Å²) in [5.74, 6) is -0.576. The number of alkyl halides is 2. The molecule has 1 aromatic heterocycles. The van der Waals surface area contributed by atoms with Crippen LogP contribution in [-0.4, -0.2) is 22.8 Å². The van der Waals surface area contributed by atoms with Crippen LogP contribution < -0.4 is 5.32 Å². The van der Waals surface area contributed by atoms with Gasteiger partial charge in [-0.15, -0.1) is 34.5 Å². The molecule has 7 heteroatoms. The molecule has 1 amide bonds. The molecule has 0 spiro atoms. The lowest BCUT2D eigenvalue weighted by molar-refractivity contribution is -0.114. The number of halogens is 2. The largest absolute Gasteiger partial charge is 0.462 e. The number of rotatable bonds is 4. The molecule has 0 aromatic carbocycles. The number of fused-ring (bicyclic) bond motifs is 1. The maximum Gasteiger partial charge on any atom is 0.341 e. The summed E-state index contributed by atoms with van der Waals surface area (Å²) < 4.78 is 4.63. The molecule has 2 aliphatic carbocycles. The molecule has 1 atom stereocenters. The summed E-state index contributed by atoms with van der Waals surface area (Å²) in [7, 11) is 0. The minimum atomic E-state index is -0.755. The highest BCUT2D eigenvalue weighted by molar-refractivity contribution is 7.17. The highest BCUT2D eigenvalue weighted by atomic mass is 35.5. The summed E-state index contributed by atoms with van der Waals surface area (Å²) in [5, 5.41) is 3.36. The molecule has 2 aliphatic rings. The molecule has 1 N–H and O–H groups in total. The number of carbonyl (C=O) groups excluding carboxylic acids is 2. The van der Waals surface area contributed by atoms with Gasteiger partial charge in [0.2, 0.25) is 5.91 Å². The van der Waals surface area contributed by atoms with E-state index in [9.17, 15) is 9.59 Å². The average Bonchev–Trinajstić information content (AvgIpc) is 2.89. The normalized spacial score (nSPS) is 21.9. The smallest absolute Gasteiger partial charge is 0.341 e. The van der Waals surface area contributed by atoms with Gasteiger partial charge in [0.05, 0.1) is 12.2 Å². The van der Waals surface area contributed by atoms with Gasteiger partial charge < -0.3 is 10.1 Å². The van der Waals surface area contributed by atoms with E-state index in [1.807, 2.05) is 0 Å². The van der Waals surface area contributed by atoms with Gasteiger partial charge in [-0.3, -0.25) is 4.79 Å². The van der Waals surface area contributed by atoms with E-state index < -0.39 is 4.33 Å². The number of esters is 1. The zero-order valence-corrected chi connectivity index (χ0v) is 14.5. The molecule has 0 radical (unpaired) electrons. The molecule has 120 valence electrons. The van der Waals surface area contributed by atoms with Crippen LogP contribution in [0.2, 0.25) is 0 Å². The first kappa shape index (κ1) is 16.1. The molecule has 3 rings (SSSR count). The number of hydrogen-bond acceptors (Lipinski definition) is 4. The van der Waals surface area contributed by atoms with Gasteiger partial charge in [0.1, 0.15) is 9.33 Å². The molecule has 0 unspecified atom stereocenters. The fraction of sp³-hybridized carbons (Fsp3) is 0.600. The first-order valence-electron chi connectivity index (χ1n) is 7.35. The van der Waals surface area contributed by atoms with Crippen LogP contribution in [0.5, 0.6) is 0 Å². The third-order valence-corrected chi connectivity index (χ3v) is 6.17. The standard InChI is InChI=1S/C15H17Cl2NO3S/c1-8(19)18-13-12(10-4-2-3-5-11(10)22-13)14(20)21-7-9-6-15(9,16)17/h9H,2-7H2,1H3,(H,18,19)/t9-/m0/s1. The van der Waals surface area contributed by atoms with Crippen LogP contribution in [0.15, 0.2) is 0 Å². The maximum atomic E-state index is 12.5. The SMILES string of the molecule is CC(=O)Nc1sc2c(c1C(=O)OC[C@@H]1CC1(Cl)Cl)CCCC2. The predicted octanol–water partition coefficient (Wildman–Crippen LogP) is 3.94. The second kappa shape index (κ2) is 6.02. The fourth-order valence-corrected chi connectivity index (χ4v) is 4.55. The Kier molecular flexibility index (Phi) is 4.40. The Balaban J connectivity index is 1.79. The Bertz CT molecular complexity index is 627. The van der Waals surface area contributed by atoms with Crippen LogP contribution in [0.25, 0.3) is 0 Å². The van der Waals surface area contributed by atoms with E-state index in [1.165, 1.54) is 23.1 Å². The Morgan fingerprint density at radius 1 is 1.36 bits per heavy atom. The third-order valence-electron chi connectivity index (χ3n) is 4.04. The lowest BCUT2D eigenvalue weighted by Crippen LogP contribution is -2.15. The van der Waals surface area contributed by atoms with Crippen molar-refractivity contribution >= 4 is 51.4 Å². The molecule has 1 fully saturated rings. The number of carbonyl (C=O) groups is 2. The number of amides is 1. The molecule has 0 saturated heterocycles. The minimum Gasteiger partial charge on any atom is -0.462 e. The zero-order valence-electron chi connectivity index (χ0n) is 12.2. The van der Waals surface area contributed by atoms with Crippen LogP contribution in [0, 0.1) is 5.92 Å². The number of aryl methyl sites for hydroxylation is 1. The van der Waals surface area contributed by atoms with E-state index in [0.717, 1.165) is 31.2 Å². The summed E-state index contributed by atoms with van der Waals surface area (Å²) in [6, 6.07) is 0. The zero-order chi connectivity index (χ0) is 15.9. The summed E-state index contributed by atoms with van der Waals surface area (Å²) in [5.41, 5.74) is 1.55. The molecule has 22 heavy (non-hydrogen) atoms. The Labute approximate surface area is 143 Å². The predicted molar refractivity (Wildman–Crippen MR) is 88.1 cm³/mol. The molecule has 0 aliphatic heterocycles. The van der Waals surface area contributed by atoms with Gasteiger partial charge in [-0.25, -0.2) is 4.79 Å². The van der Waals surface area contributed by atoms with E-state index in [0.29, 0.717) is 17.0 Å². The van der Waals surface area contributed by atoms with Gasteiger partial charge in [0.15, 0.2) is 0 Å². The van der Waals surface area contributed by atoms with Crippen molar-refractivity contribution in [1.82, 2.24) is 0 Å². The Morgan fingerprint density at radius 3 is 2.68 bits per heavy atom. The molecule has 1 aromatic rings. The Morgan fingerprint density at radius 2 is 2.05 bits per heavy atom. The molecule has 1 saturated carbocycles. The fourth-order valence-electron chi connectivity index (χ4n) is 2.73. The van der Waals surface area contributed by atoms with Gasteiger partial charge >= 0.3 is 5.97 Å². The van der Waals surface area contributed by atoms with E-state index in [2.05, 4.69) is 5.32 Å². The van der Waals surface area contributed by atoms with Crippen LogP contribution in [0.1, 0.15) is 47.0 Å². The average molecular weight is 362 g/mol. The second-order valence-electron chi connectivity index (χ2n) is 5.86. The molecule has 1 heterocycles. The van der Waals surface area contributed by atoms with E-state index >= 15 is 0 Å². The van der Waals surface area contributed by atoms with Gasteiger partial charge in [-0.05, 0) is 37.7 Å². The van der Waals surface area contributed by atoms with Crippen molar-refractivity contribution in [3.8, 4) is 0 Å². The van der Waals surface area contributed by atoms with Crippen LogP contribution in [0.3, 0.4) is 0 Å². The summed E-state index contributed by atoms with van der Waals surface area (Å²) in [6.45, 7) is 1.66. The number of ether oxygens (including phenoxy) is 1. The quantitative estimate of drug-likeness (QED) is 0.652. The van der Waals surface area contributed by atoms with E-state index in [1.54, 1.807) is 0 Å². The number of hydrogen-bond donors (Lipinski definition) is 1. The van der Waals surface area contributed by atoms with Crippen molar-refractivity contribution in [1.29, 1.82) is 0 Å². The van der Waals surface area contributed by atoms with Gasteiger partial charge in [0, 0.05) is 17.7 Å². The first-order chi connectivity index (χ1) is 10.4. The molecule has 4 nitrogen and oxygen atoms in total. The topological polar surface area (TPSA) is 55.4 Å². The van der Waals surface area contributed by atoms with Crippen LogP contribution in [-0.2, 0) is 22.4 Å². The molecular weight excluding hydrogens is 345 g/mol. The maximum absolute atomic E-state index is 12.5. The minimum absolute atomic E-state index is 0.00142. The lowest BCUT2D eigenvalue weighted by atomic mass is 9.95. The molecular formula is C15H17Cl2NO3S. The summed E-state index contributed by atoms with van der Waals surface area (Å²) in [4.78, 5) is 25.0.